The van der Waals surface area contributed by atoms with Gasteiger partial charge in [-0.15, -0.1) is 0 Å². The van der Waals surface area contributed by atoms with E-state index in [2.05, 4.69) is 83.3 Å². The summed E-state index contributed by atoms with van der Waals surface area (Å²) in [6.45, 7) is 14.6. The van der Waals surface area contributed by atoms with Crippen molar-refractivity contribution in [2.45, 2.75) is 72.1 Å². The Labute approximate surface area is 179 Å². The van der Waals surface area contributed by atoms with E-state index in [1.54, 1.807) is 7.11 Å². The van der Waals surface area contributed by atoms with Crippen LogP contribution < -0.4 is 15.4 Å². The first-order valence-electron chi connectivity index (χ1n) is 10.7. The van der Waals surface area contributed by atoms with Crippen LogP contribution >= 0.6 is 8.58 Å². The number of para-hydroxylation sites is 1. The Hall–Kier alpha value is -1.41. The van der Waals surface area contributed by atoms with Gasteiger partial charge in [-0.2, -0.15) is 0 Å². The molecular formula is C25H38NO2P. The third kappa shape index (κ3) is 5.81. The van der Waals surface area contributed by atoms with Gasteiger partial charge in [0, 0.05) is 30.4 Å². The van der Waals surface area contributed by atoms with Crippen LogP contribution in [0.1, 0.15) is 62.8 Å². The van der Waals surface area contributed by atoms with Crippen molar-refractivity contribution in [3.63, 3.8) is 0 Å². The van der Waals surface area contributed by atoms with Crippen molar-refractivity contribution in [1.82, 2.24) is 5.32 Å². The van der Waals surface area contributed by atoms with Gasteiger partial charge in [0.25, 0.3) is 0 Å². The molecule has 4 heteroatoms. The number of nitrogens with one attached hydrogen (secondary N) is 1. The van der Waals surface area contributed by atoms with Gasteiger partial charge in [0.15, 0.2) is 6.79 Å². The first kappa shape index (κ1) is 23.9. The van der Waals surface area contributed by atoms with Crippen molar-refractivity contribution in [1.29, 1.82) is 0 Å². The van der Waals surface area contributed by atoms with E-state index in [9.17, 15) is 0 Å². The van der Waals surface area contributed by atoms with E-state index in [1.807, 2.05) is 0 Å². The summed E-state index contributed by atoms with van der Waals surface area (Å²) in [7, 11) is 2.36. The molecule has 0 radical (unpaired) electrons. The summed E-state index contributed by atoms with van der Waals surface area (Å²) in [5, 5.41) is 5.14. The molecule has 1 atom stereocenters. The number of hydrogen-bond acceptors (Lipinski definition) is 3. The first-order valence-corrected chi connectivity index (χ1v) is 11.7. The van der Waals surface area contributed by atoms with Crippen LogP contribution in [0.4, 0.5) is 0 Å². The molecule has 0 bridgehead atoms. The average molecular weight is 416 g/mol. The highest BCUT2D eigenvalue weighted by molar-refractivity contribution is 7.48. The summed E-state index contributed by atoms with van der Waals surface area (Å²) in [5.74, 6) is 0.987. The van der Waals surface area contributed by atoms with Crippen LogP contribution in [0.2, 0.25) is 0 Å². The van der Waals surface area contributed by atoms with Gasteiger partial charge in [-0.05, 0) is 48.7 Å². The summed E-state index contributed by atoms with van der Waals surface area (Å²) in [5.41, 5.74) is 5.27. The van der Waals surface area contributed by atoms with Gasteiger partial charge in [0.2, 0.25) is 0 Å². The summed E-state index contributed by atoms with van der Waals surface area (Å²) < 4.78 is 11.3. The van der Waals surface area contributed by atoms with Crippen LogP contribution in [-0.4, -0.2) is 19.9 Å². The minimum atomic E-state index is 0.0494. The highest BCUT2D eigenvalue weighted by atomic mass is 31.1. The van der Waals surface area contributed by atoms with E-state index in [4.69, 9.17) is 9.47 Å². The maximum atomic E-state index is 6.07. The molecule has 2 aromatic rings. The summed E-state index contributed by atoms with van der Waals surface area (Å²) >= 11 is 0. The summed E-state index contributed by atoms with van der Waals surface area (Å²) in [4.78, 5) is 0. The Balaban J connectivity index is 2.52. The van der Waals surface area contributed by atoms with Gasteiger partial charge in [0.05, 0.1) is 0 Å². The Morgan fingerprint density at radius 3 is 2.28 bits per heavy atom. The van der Waals surface area contributed by atoms with Gasteiger partial charge in [-0.3, -0.25) is 0 Å². The molecule has 0 saturated heterocycles. The van der Waals surface area contributed by atoms with Crippen LogP contribution in [0.3, 0.4) is 0 Å². The van der Waals surface area contributed by atoms with E-state index in [-0.39, 0.29) is 11.9 Å². The molecule has 2 aromatic carbocycles. The first-order chi connectivity index (χ1) is 13.9. The number of ether oxygens (including phenoxy) is 2. The summed E-state index contributed by atoms with van der Waals surface area (Å²) in [6, 6.07) is 13.7. The quantitative estimate of drug-likeness (QED) is 0.371. The second-order valence-corrected chi connectivity index (χ2v) is 9.77. The monoisotopic (exact) mass is 415 g/mol. The fourth-order valence-corrected chi connectivity index (χ4v) is 5.60. The zero-order valence-corrected chi connectivity index (χ0v) is 20.2. The van der Waals surface area contributed by atoms with Gasteiger partial charge in [-0.1, -0.05) is 72.7 Å². The molecule has 2 rings (SSSR count). The van der Waals surface area contributed by atoms with Gasteiger partial charge >= 0.3 is 0 Å². The van der Waals surface area contributed by atoms with E-state index < -0.39 is 0 Å². The maximum absolute atomic E-state index is 6.07. The van der Waals surface area contributed by atoms with Gasteiger partial charge in [-0.25, -0.2) is 0 Å². The second-order valence-electron chi connectivity index (χ2n) is 8.06. The number of hydrogen-bond donors (Lipinski definition) is 1. The fraction of sp³-hybridized carbons (Fsp3) is 0.520. The molecule has 0 heterocycles. The van der Waals surface area contributed by atoms with Crippen molar-refractivity contribution in [3.05, 3.63) is 58.7 Å². The molecular weight excluding hydrogens is 377 g/mol. The highest BCUT2D eigenvalue weighted by Crippen LogP contribution is 2.51. The molecule has 29 heavy (non-hydrogen) atoms. The van der Waals surface area contributed by atoms with Gasteiger partial charge in [0.1, 0.15) is 5.75 Å². The Morgan fingerprint density at radius 1 is 1.00 bits per heavy atom. The third-order valence-corrected chi connectivity index (χ3v) is 8.10. The Kier molecular flexibility index (Phi) is 9.14. The summed E-state index contributed by atoms with van der Waals surface area (Å²) in [6.07, 6.45) is 2.14. The van der Waals surface area contributed by atoms with Crippen molar-refractivity contribution in [2.75, 3.05) is 13.9 Å². The van der Waals surface area contributed by atoms with E-state index >= 15 is 0 Å². The van der Waals surface area contributed by atoms with Crippen molar-refractivity contribution < 1.29 is 9.47 Å². The number of aryl methyl sites for hydroxylation is 2. The fourth-order valence-electron chi connectivity index (χ4n) is 3.82. The molecule has 0 aliphatic heterocycles. The molecule has 1 unspecified atom stereocenters. The average Bonchev–Trinajstić information content (AvgIpc) is 2.71. The van der Waals surface area contributed by atoms with Crippen molar-refractivity contribution in [3.8, 4) is 5.75 Å². The van der Waals surface area contributed by atoms with Crippen LogP contribution in [-0.2, 0) is 16.4 Å². The molecule has 0 saturated carbocycles. The minimum Gasteiger partial charge on any atom is -0.467 e. The van der Waals surface area contributed by atoms with Crippen molar-refractivity contribution in [2.24, 2.45) is 0 Å². The zero-order chi connectivity index (χ0) is 21.4. The highest BCUT2D eigenvalue weighted by Gasteiger charge is 2.33. The van der Waals surface area contributed by atoms with E-state index in [0.29, 0.717) is 14.6 Å². The molecule has 160 valence electrons. The van der Waals surface area contributed by atoms with Crippen LogP contribution in [0.15, 0.2) is 36.4 Å². The van der Waals surface area contributed by atoms with Crippen molar-refractivity contribution >= 4 is 13.9 Å². The lowest BCUT2D eigenvalue weighted by atomic mass is 9.90. The zero-order valence-electron chi connectivity index (χ0n) is 19.2. The Bertz CT molecular complexity index is 784. The molecule has 0 aliphatic carbocycles. The van der Waals surface area contributed by atoms with E-state index in [1.165, 1.54) is 27.6 Å². The molecule has 3 nitrogen and oxygen atoms in total. The number of methoxy groups -OCH3 is 1. The lowest BCUT2D eigenvalue weighted by Gasteiger charge is -2.36. The molecule has 0 fully saturated rings. The lowest BCUT2D eigenvalue weighted by molar-refractivity contribution is 0.0494. The third-order valence-electron chi connectivity index (χ3n) is 5.68. The standard InChI is InChI=1S/C25H38NO2P/c1-8-25(9-2,22-15-11-12-19(5)23(22)28-17-27-7)29-24-20(6)13-10-14-21(24)16-26-18(3)4/h10-15,18,26,29H,8-9,16-17H2,1-7H3. The SMILES string of the molecule is CCC(CC)(Pc1c(C)cccc1CNC(C)C)c1cccc(C)c1OCOC. The van der Waals surface area contributed by atoms with Crippen LogP contribution in [0.5, 0.6) is 5.75 Å². The number of rotatable bonds is 11. The second kappa shape index (κ2) is 11.1. The van der Waals surface area contributed by atoms with Gasteiger partial charge < -0.3 is 14.8 Å². The Morgan fingerprint density at radius 2 is 1.66 bits per heavy atom. The lowest BCUT2D eigenvalue weighted by Crippen LogP contribution is -2.28. The molecule has 0 amide bonds. The maximum Gasteiger partial charge on any atom is 0.188 e. The molecule has 1 N–H and O–H groups in total. The van der Waals surface area contributed by atoms with Crippen LogP contribution in [0, 0.1) is 13.8 Å². The topological polar surface area (TPSA) is 30.5 Å². The van der Waals surface area contributed by atoms with E-state index in [0.717, 1.165) is 25.1 Å². The molecule has 0 aromatic heterocycles. The largest absolute Gasteiger partial charge is 0.467 e. The number of benzene rings is 2. The normalized spacial score (nSPS) is 12.3. The molecule has 0 aliphatic rings. The predicted molar refractivity (Wildman–Crippen MR) is 127 cm³/mol. The van der Waals surface area contributed by atoms with Crippen LogP contribution in [0.25, 0.3) is 0 Å². The predicted octanol–water partition coefficient (Wildman–Crippen LogP) is 5.80. The minimum absolute atomic E-state index is 0.0494. The smallest absolute Gasteiger partial charge is 0.188 e. The molecule has 0 spiro atoms.